The summed E-state index contributed by atoms with van der Waals surface area (Å²) < 4.78 is 10.9. The maximum atomic E-state index is 5.49. The molecule has 3 heterocycles. The van der Waals surface area contributed by atoms with Gasteiger partial charge in [-0.25, -0.2) is 4.98 Å². The molecule has 5 rings (SSSR count). The molecule has 0 amide bonds. The van der Waals surface area contributed by atoms with Crippen LogP contribution in [0.15, 0.2) is 53.9 Å². The fraction of sp³-hybridized carbons (Fsp3) is 0.348. The van der Waals surface area contributed by atoms with Crippen molar-refractivity contribution in [1.82, 2.24) is 9.88 Å². The van der Waals surface area contributed by atoms with E-state index in [1.54, 1.807) is 11.3 Å². The van der Waals surface area contributed by atoms with Crippen molar-refractivity contribution in [2.75, 3.05) is 19.9 Å². The van der Waals surface area contributed by atoms with Gasteiger partial charge in [0.05, 0.1) is 5.69 Å². The predicted molar refractivity (Wildman–Crippen MR) is 112 cm³/mol. The Labute approximate surface area is 169 Å². The molecular weight excluding hydrogens is 368 g/mol. The molecule has 3 aromatic rings. The quantitative estimate of drug-likeness (QED) is 0.612. The third-order valence-corrected chi connectivity index (χ3v) is 6.57. The largest absolute Gasteiger partial charge is 0.454 e. The number of ether oxygens (including phenoxy) is 2. The van der Waals surface area contributed by atoms with Crippen LogP contribution in [0.4, 0.5) is 0 Å². The first-order valence-corrected chi connectivity index (χ1v) is 10.8. The van der Waals surface area contributed by atoms with Crippen LogP contribution in [0.3, 0.4) is 0 Å². The molecule has 0 unspecified atom stereocenters. The number of piperidine rings is 1. The Bertz CT molecular complexity index is 933. The van der Waals surface area contributed by atoms with Crippen LogP contribution in [0.1, 0.15) is 24.1 Å². The zero-order chi connectivity index (χ0) is 18.8. The SMILES string of the molecule is c1ccc(CC2CCN(Cc3csc(-c4ccc5c(c4)OCO5)n3)CC2)cc1. The topological polar surface area (TPSA) is 34.6 Å². The Balaban J connectivity index is 1.17. The van der Waals surface area contributed by atoms with Crippen molar-refractivity contribution in [1.29, 1.82) is 0 Å². The van der Waals surface area contributed by atoms with E-state index in [-0.39, 0.29) is 0 Å². The van der Waals surface area contributed by atoms with Crippen LogP contribution in [0.2, 0.25) is 0 Å². The van der Waals surface area contributed by atoms with Gasteiger partial charge in [-0.05, 0) is 62.0 Å². The van der Waals surface area contributed by atoms with Crippen LogP contribution in [0, 0.1) is 5.92 Å². The third-order valence-electron chi connectivity index (χ3n) is 5.63. The number of rotatable bonds is 5. The maximum Gasteiger partial charge on any atom is 0.231 e. The Hall–Kier alpha value is -2.37. The van der Waals surface area contributed by atoms with Crippen molar-refractivity contribution in [3.8, 4) is 22.1 Å². The first kappa shape index (κ1) is 17.7. The van der Waals surface area contributed by atoms with Gasteiger partial charge >= 0.3 is 0 Å². The highest BCUT2D eigenvalue weighted by atomic mass is 32.1. The lowest BCUT2D eigenvalue weighted by molar-refractivity contribution is 0.174. The summed E-state index contributed by atoms with van der Waals surface area (Å²) in [6.07, 6.45) is 3.75. The first-order chi connectivity index (χ1) is 13.8. The molecule has 5 heteroatoms. The second-order valence-corrected chi connectivity index (χ2v) is 8.48. The highest BCUT2D eigenvalue weighted by molar-refractivity contribution is 7.13. The van der Waals surface area contributed by atoms with Gasteiger partial charge < -0.3 is 9.47 Å². The van der Waals surface area contributed by atoms with Gasteiger partial charge in [0, 0.05) is 17.5 Å². The number of likely N-dealkylation sites (tertiary alicyclic amines) is 1. The standard InChI is InChI=1S/C23H24N2O2S/c1-2-4-17(5-3-1)12-18-8-10-25(11-9-18)14-20-15-28-23(24-20)19-6-7-21-22(13-19)27-16-26-21/h1-7,13,15,18H,8-12,14,16H2. The van der Waals surface area contributed by atoms with E-state index >= 15 is 0 Å². The van der Waals surface area contributed by atoms with Crippen molar-refractivity contribution >= 4 is 11.3 Å². The van der Waals surface area contributed by atoms with Crippen molar-refractivity contribution < 1.29 is 9.47 Å². The van der Waals surface area contributed by atoms with Crippen LogP contribution in [0.5, 0.6) is 11.5 Å². The lowest BCUT2D eigenvalue weighted by Crippen LogP contribution is -2.33. The number of thiazole rings is 1. The van der Waals surface area contributed by atoms with Crippen molar-refractivity contribution in [3.05, 3.63) is 65.2 Å². The lowest BCUT2D eigenvalue weighted by atomic mass is 9.90. The van der Waals surface area contributed by atoms with E-state index in [0.29, 0.717) is 6.79 Å². The molecule has 2 aromatic carbocycles. The number of hydrogen-bond donors (Lipinski definition) is 0. The Morgan fingerprint density at radius 2 is 1.82 bits per heavy atom. The fourth-order valence-electron chi connectivity index (χ4n) is 4.07. The van der Waals surface area contributed by atoms with Crippen LogP contribution in [-0.2, 0) is 13.0 Å². The molecule has 0 atom stereocenters. The van der Waals surface area contributed by atoms with E-state index in [9.17, 15) is 0 Å². The molecule has 2 aliphatic rings. The molecule has 2 aliphatic heterocycles. The average molecular weight is 393 g/mol. The molecule has 28 heavy (non-hydrogen) atoms. The molecule has 0 radical (unpaired) electrons. The minimum absolute atomic E-state index is 0.308. The second kappa shape index (κ2) is 7.94. The van der Waals surface area contributed by atoms with Gasteiger partial charge in [-0.3, -0.25) is 4.90 Å². The molecule has 144 valence electrons. The Morgan fingerprint density at radius 1 is 1.00 bits per heavy atom. The maximum absolute atomic E-state index is 5.49. The van der Waals surface area contributed by atoms with E-state index in [4.69, 9.17) is 14.5 Å². The minimum atomic E-state index is 0.308. The van der Waals surface area contributed by atoms with E-state index < -0.39 is 0 Å². The summed E-state index contributed by atoms with van der Waals surface area (Å²) in [5, 5.41) is 3.24. The van der Waals surface area contributed by atoms with Crippen molar-refractivity contribution in [3.63, 3.8) is 0 Å². The number of nitrogens with zero attached hydrogens (tertiary/aromatic N) is 2. The average Bonchev–Trinajstić information content (AvgIpc) is 3.39. The van der Waals surface area contributed by atoms with Gasteiger partial charge in [0.1, 0.15) is 5.01 Å². The molecule has 1 fully saturated rings. The molecule has 1 aromatic heterocycles. The van der Waals surface area contributed by atoms with Gasteiger partial charge in [0.2, 0.25) is 6.79 Å². The fourth-order valence-corrected chi connectivity index (χ4v) is 4.87. The molecule has 0 saturated carbocycles. The molecule has 4 nitrogen and oxygen atoms in total. The van der Waals surface area contributed by atoms with Gasteiger partial charge in [-0.15, -0.1) is 11.3 Å². The van der Waals surface area contributed by atoms with Crippen LogP contribution in [0.25, 0.3) is 10.6 Å². The Morgan fingerprint density at radius 3 is 2.68 bits per heavy atom. The predicted octanol–water partition coefficient (Wildman–Crippen LogP) is 4.99. The zero-order valence-corrected chi connectivity index (χ0v) is 16.7. The highest BCUT2D eigenvalue weighted by Crippen LogP contribution is 2.36. The Kier molecular flexibility index (Phi) is 5.02. The normalized spacial score (nSPS) is 17.1. The summed E-state index contributed by atoms with van der Waals surface area (Å²) in [6, 6.07) is 16.9. The van der Waals surface area contributed by atoms with Crippen molar-refractivity contribution in [2.45, 2.75) is 25.8 Å². The summed E-state index contributed by atoms with van der Waals surface area (Å²) >= 11 is 1.70. The van der Waals surface area contributed by atoms with E-state index in [1.165, 1.54) is 30.5 Å². The van der Waals surface area contributed by atoms with E-state index in [1.807, 2.05) is 12.1 Å². The molecule has 0 spiro atoms. The number of aromatic nitrogens is 1. The molecular formula is C23H24N2O2S. The summed E-state index contributed by atoms with van der Waals surface area (Å²) in [7, 11) is 0. The molecule has 0 N–H and O–H groups in total. The molecule has 0 aliphatic carbocycles. The van der Waals surface area contributed by atoms with Gasteiger partial charge in [-0.1, -0.05) is 30.3 Å². The third kappa shape index (κ3) is 3.91. The minimum Gasteiger partial charge on any atom is -0.454 e. The summed E-state index contributed by atoms with van der Waals surface area (Å²) in [6.45, 7) is 3.57. The second-order valence-electron chi connectivity index (χ2n) is 7.62. The number of fused-ring (bicyclic) bond motifs is 1. The monoisotopic (exact) mass is 392 g/mol. The van der Waals surface area contributed by atoms with Crippen LogP contribution >= 0.6 is 11.3 Å². The number of hydrogen-bond acceptors (Lipinski definition) is 5. The highest BCUT2D eigenvalue weighted by Gasteiger charge is 2.21. The first-order valence-electron chi connectivity index (χ1n) is 9.94. The number of benzene rings is 2. The summed E-state index contributed by atoms with van der Waals surface area (Å²) in [5.41, 5.74) is 3.73. The van der Waals surface area contributed by atoms with Gasteiger partial charge in [0.15, 0.2) is 11.5 Å². The lowest BCUT2D eigenvalue weighted by Gasteiger charge is -2.31. The van der Waals surface area contributed by atoms with Crippen molar-refractivity contribution in [2.24, 2.45) is 5.92 Å². The van der Waals surface area contributed by atoms with E-state index in [2.05, 4.69) is 46.7 Å². The molecule has 1 saturated heterocycles. The zero-order valence-electron chi connectivity index (χ0n) is 15.8. The molecule has 0 bridgehead atoms. The van der Waals surface area contributed by atoms with Gasteiger partial charge in [0.25, 0.3) is 0 Å². The van der Waals surface area contributed by atoms with E-state index in [0.717, 1.165) is 47.6 Å². The van der Waals surface area contributed by atoms with Gasteiger partial charge in [-0.2, -0.15) is 0 Å². The summed E-state index contributed by atoms with van der Waals surface area (Å²) in [4.78, 5) is 7.41. The summed E-state index contributed by atoms with van der Waals surface area (Å²) in [5.74, 6) is 2.44. The smallest absolute Gasteiger partial charge is 0.231 e. The van der Waals surface area contributed by atoms with Crippen LogP contribution in [-0.4, -0.2) is 29.8 Å². The van der Waals surface area contributed by atoms with Crippen LogP contribution < -0.4 is 9.47 Å².